The Hall–Kier alpha value is -1.72. The number of rotatable bonds is 4. The van der Waals surface area contributed by atoms with Gasteiger partial charge in [-0.3, -0.25) is 9.69 Å². The van der Waals surface area contributed by atoms with Crippen LogP contribution in [0.4, 0.5) is 0 Å². The number of hydrogen-bond acceptors (Lipinski definition) is 4. The Kier molecular flexibility index (Phi) is 4.61. The van der Waals surface area contributed by atoms with Crippen molar-refractivity contribution in [2.75, 3.05) is 19.3 Å². The lowest BCUT2D eigenvalue weighted by molar-refractivity contribution is 0.0211. The molecule has 2 unspecified atom stereocenters. The molecule has 2 bridgehead atoms. The van der Waals surface area contributed by atoms with Crippen molar-refractivity contribution in [3.63, 3.8) is 0 Å². The number of nitrogens with one attached hydrogen (secondary N) is 1. The lowest BCUT2D eigenvalue weighted by Gasteiger charge is -2.49. The highest BCUT2D eigenvalue weighted by Gasteiger charge is 2.40. The van der Waals surface area contributed by atoms with Crippen LogP contribution >= 0.6 is 11.8 Å². The molecule has 0 spiro atoms. The number of piperidine rings is 3. The van der Waals surface area contributed by atoms with E-state index in [0.717, 1.165) is 29.3 Å². The molecule has 5 heteroatoms. The average Bonchev–Trinajstić information content (AvgIpc) is 3.15. The van der Waals surface area contributed by atoms with Gasteiger partial charge in [-0.2, -0.15) is 0 Å². The molecule has 2 aromatic rings. The zero-order valence-electron chi connectivity index (χ0n) is 14.7. The van der Waals surface area contributed by atoms with E-state index in [9.17, 15) is 4.79 Å². The van der Waals surface area contributed by atoms with E-state index in [1.54, 1.807) is 17.8 Å². The van der Waals surface area contributed by atoms with Gasteiger partial charge in [0.2, 0.25) is 0 Å². The summed E-state index contributed by atoms with van der Waals surface area (Å²) in [5.41, 5.74) is 1.03. The molecule has 0 radical (unpaired) electrons. The fourth-order valence-electron chi connectivity index (χ4n) is 4.22. The molecule has 2 atom stereocenters. The third-order valence-corrected chi connectivity index (χ3v) is 6.47. The summed E-state index contributed by atoms with van der Waals surface area (Å²) in [6.07, 6.45) is 4.41. The molecule has 4 heterocycles. The van der Waals surface area contributed by atoms with E-state index in [0.29, 0.717) is 17.7 Å². The molecule has 25 heavy (non-hydrogen) atoms. The fourth-order valence-corrected chi connectivity index (χ4v) is 4.82. The first kappa shape index (κ1) is 16.7. The number of nitrogens with zero attached hydrogens (tertiary/aromatic N) is 1. The Morgan fingerprint density at radius 2 is 1.96 bits per heavy atom. The van der Waals surface area contributed by atoms with E-state index >= 15 is 0 Å². The van der Waals surface area contributed by atoms with Gasteiger partial charge >= 0.3 is 0 Å². The normalized spacial score (nSPS) is 28.1. The molecule has 1 aromatic carbocycles. The van der Waals surface area contributed by atoms with Gasteiger partial charge in [-0.05, 0) is 63.2 Å². The van der Waals surface area contributed by atoms with E-state index in [4.69, 9.17) is 4.42 Å². The number of hydrogen-bond donors (Lipinski definition) is 1. The van der Waals surface area contributed by atoms with Crippen LogP contribution in [0.15, 0.2) is 45.7 Å². The van der Waals surface area contributed by atoms with Crippen molar-refractivity contribution in [1.29, 1.82) is 0 Å². The van der Waals surface area contributed by atoms with Gasteiger partial charge in [0.1, 0.15) is 5.76 Å². The van der Waals surface area contributed by atoms with Gasteiger partial charge < -0.3 is 9.73 Å². The lowest BCUT2D eigenvalue weighted by atomic mass is 9.79. The molecule has 3 fully saturated rings. The Morgan fingerprint density at radius 1 is 1.20 bits per heavy atom. The second-order valence-corrected chi connectivity index (χ2v) is 7.83. The van der Waals surface area contributed by atoms with Crippen molar-refractivity contribution >= 4 is 17.7 Å². The quantitative estimate of drug-likeness (QED) is 0.845. The standard InChI is InChI=1S/C20H24N2O2S/c1-13-19(14-9-11-22(13)12-10-14)21-20(23)17-8-7-16(24-17)15-5-3-4-6-18(15)25-2/h3-8,13-14,19H,9-12H2,1-2H3,(H,21,23). The summed E-state index contributed by atoms with van der Waals surface area (Å²) < 4.78 is 5.89. The van der Waals surface area contributed by atoms with E-state index in [2.05, 4.69) is 23.2 Å². The smallest absolute Gasteiger partial charge is 0.287 e. The first-order valence-corrected chi connectivity index (χ1v) is 10.2. The highest BCUT2D eigenvalue weighted by molar-refractivity contribution is 7.98. The topological polar surface area (TPSA) is 45.5 Å². The summed E-state index contributed by atoms with van der Waals surface area (Å²) in [5, 5.41) is 3.23. The Morgan fingerprint density at radius 3 is 2.68 bits per heavy atom. The van der Waals surface area contributed by atoms with Gasteiger partial charge in [0.25, 0.3) is 5.91 Å². The molecule has 4 nitrogen and oxygen atoms in total. The molecule has 0 saturated carbocycles. The maximum absolute atomic E-state index is 12.7. The van der Waals surface area contributed by atoms with Crippen LogP contribution < -0.4 is 5.32 Å². The third kappa shape index (κ3) is 3.11. The summed E-state index contributed by atoms with van der Waals surface area (Å²) in [4.78, 5) is 16.3. The second kappa shape index (κ2) is 6.89. The minimum atomic E-state index is -0.0986. The molecular weight excluding hydrogens is 332 g/mol. The number of thioether (sulfide) groups is 1. The predicted molar refractivity (Wildman–Crippen MR) is 101 cm³/mol. The maximum Gasteiger partial charge on any atom is 0.287 e. The van der Waals surface area contributed by atoms with Gasteiger partial charge in [0, 0.05) is 22.5 Å². The van der Waals surface area contributed by atoms with Crippen LogP contribution in [0.2, 0.25) is 0 Å². The SMILES string of the molecule is CSc1ccccc1-c1ccc(C(=O)NC2C3CCN(CC3)C2C)o1. The molecule has 5 rings (SSSR count). The van der Waals surface area contributed by atoms with Crippen molar-refractivity contribution in [2.45, 2.75) is 36.7 Å². The number of carbonyl (C=O) groups is 1. The molecule has 3 aliphatic heterocycles. The van der Waals surface area contributed by atoms with E-state index in [1.165, 1.54) is 12.8 Å². The van der Waals surface area contributed by atoms with E-state index in [-0.39, 0.29) is 11.9 Å². The van der Waals surface area contributed by atoms with Gasteiger partial charge in [-0.25, -0.2) is 0 Å². The molecule has 3 saturated heterocycles. The zero-order chi connectivity index (χ0) is 17.4. The highest BCUT2D eigenvalue weighted by atomic mass is 32.2. The minimum Gasteiger partial charge on any atom is -0.451 e. The molecule has 1 amide bonds. The molecular formula is C20H24N2O2S. The van der Waals surface area contributed by atoms with Crippen LogP contribution in [0, 0.1) is 5.92 Å². The van der Waals surface area contributed by atoms with Crippen LogP contribution in [0.3, 0.4) is 0 Å². The summed E-state index contributed by atoms with van der Waals surface area (Å²) in [7, 11) is 0. The van der Waals surface area contributed by atoms with Crippen molar-refractivity contribution in [2.24, 2.45) is 5.92 Å². The van der Waals surface area contributed by atoms with Crippen molar-refractivity contribution in [1.82, 2.24) is 10.2 Å². The Bertz CT molecular complexity index is 763. The monoisotopic (exact) mass is 356 g/mol. The third-order valence-electron chi connectivity index (χ3n) is 5.68. The van der Waals surface area contributed by atoms with Crippen molar-refractivity contribution in [3.8, 4) is 11.3 Å². The van der Waals surface area contributed by atoms with E-state index in [1.807, 2.05) is 30.5 Å². The first-order valence-electron chi connectivity index (χ1n) is 8.95. The maximum atomic E-state index is 12.7. The number of amides is 1. The summed E-state index contributed by atoms with van der Waals surface area (Å²) in [5.74, 6) is 1.64. The second-order valence-electron chi connectivity index (χ2n) is 6.98. The summed E-state index contributed by atoms with van der Waals surface area (Å²) >= 11 is 1.68. The Labute approximate surface area is 153 Å². The predicted octanol–water partition coefficient (Wildman–Crippen LogP) is 3.88. The van der Waals surface area contributed by atoms with Gasteiger partial charge in [-0.1, -0.05) is 18.2 Å². The first-order chi connectivity index (χ1) is 12.2. The van der Waals surface area contributed by atoms with Crippen molar-refractivity contribution < 1.29 is 9.21 Å². The summed E-state index contributed by atoms with van der Waals surface area (Å²) in [6.45, 7) is 4.54. The zero-order valence-corrected chi connectivity index (χ0v) is 15.5. The number of carbonyl (C=O) groups excluding carboxylic acids is 1. The van der Waals surface area contributed by atoms with Crippen molar-refractivity contribution in [3.05, 3.63) is 42.2 Å². The molecule has 3 aliphatic rings. The molecule has 132 valence electrons. The molecule has 1 N–H and O–H groups in total. The molecule has 0 aliphatic carbocycles. The van der Waals surface area contributed by atoms with Crippen LogP contribution in [0.25, 0.3) is 11.3 Å². The largest absolute Gasteiger partial charge is 0.451 e. The number of benzene rings is 1. The molecule has 1 aromatic heterocycles. The number of furan rings is 1. The van der Waals surface area contributed by atoms with Crippen LogP contribution in [-0.2, 0) is 0 Å². The fraction of sp³-hybridized carbons (Fsp3) is 0.450. The van der Waals surface area contributed by atoms with Gasteiger partial charge in [-0.15, -0.1) is 11.8 Å². The number of fused-ring (bicyclic) bond motifs is 3. The van der Waals surface area contributed by atoms with Gasteiger partial charge in [0.05, 0.1) is 0 Å². The van der Waals surface area contributed by atoms with E-state index < -0.39 is 0 Å². The highest BCUT2D eigenvalue weighted by Crippen LogP contribution is 2.33. The average molecular weight is 356 g/mol. The van der Waals surface area contributed by atoms with Crippen LogP contribution in [0.5, 0.6) is 0 Å². The van der Waals surface area contributed by atoms with Crippen LogP contribution in [-0.4, -0.2) is 42.2 Å². The van der Waals surface area contributed by atoms with Crippen LogP contribution in [0.1, 0.15) is 30.3 Å². The Balaban J connectivity index is 1.51. The van der Waals surface area contributed by atoms with Gasteiger partial charge in [0.15, 0.2) is 5.76 Å². The minimum absolute atomic E-state index is 0.0986. The summed E-state index contributed by atoms with van der Waals surface area (Å²) in [6, 6.07) is 12.4. The lowest BCUT2D eigenvalue weighted by Crippen LogP contribution is -2.62.